The fourth-order valence-electron chi connectivity index (χ4n) is 1.64. The third-order valence-corrected chi connectivity index (χ3v) is 2.48. The van der Waals surface area contributed by atoms with E-state index in [0.29, 0.717) is 5.69 Å². The van der Waals surface area contributed by atoms with Gasteiger partial charge in [-0.1, -0.05) is 13.0 Å². The molecule has 1 aromatic rings. The van der Waals surface area contributed by atoms with Crippen LogP contribution in [0.2, 0.25) is 0 Å². The van der Waals surface area contributed by atoms with Crippen molar-refractivity contribution in [1.29, 1.82) is 0 Å². The summed E-state index contributed by atoms with van der Waals surface area (Å²) in [5.74, 6) is -1.46. The lowest BCUT2D eigenvalue weighted by atomic mass is 10.0. The maximum absolute atomic E-state index is 11.6. The van der Waals surface area contributed by atoms with E-state index in [1.54, 1.807) is 25.1 Å². The Bertz CT molecular complexity index is 456. The fraction of sp³-hybridized carbons (Fsp3) is 0.385. The predicted octanol–water partition coefficient (Wildman–Crippen LogP) is 2.14. The number of carboxylic acid groups (broad SMARTS) is 1. The predicted molar refractivity (Wildman–Crippen MR) is 67.5 cm³/mol. The molecule has 0 saturated carbocycles. The van der Waals surface area contributed by atoms with Gasteiger partial charge in [-0.05, 0) is 30.5 Å². The molecule has 18 heavy (non-hydrogen) atoms. The van der Waals surface area contributed by atoms with Crippen molar-refractivity contribution in [3.63, 3.8) is 0 Å². The van der Waals surface area contributed by atoms with Crippen LogP contribution in [-0.4, -0.2) is 22.1 Å². The van der Waals surface area contributed by atoms with Crippen molar-refractivity contribution >= 4 is 17.6 Å². The molecule has 5 heteroatoms. The number of hydrogen-bond acceptors (Lipinski definition) is 3. The van der Waals surface area contributed by atoms with Crippen molar-refractivity contribution in [2.24, 2.45) is 5.92 Å². The molecule has 0 unspecified atom stereocenters. The summed E-state index contributed by atoms with van der Waals surface area (Å²) >= 11 is 0. The molecule has 1 amide bonds. The van der Waals surface area contributed by atoms with E-state index in [1.807, 2.05) is 6.92 Å². The van der Waals surface area contributed by atoms with E-state index >= 15 is 0 Å². The van der Waals surface area contributed by atoms with Crippen molar-refractivity contribution in [1.82, 2.24) is 0 Å². The molecule has 1 rings (SSSR count). The van der Waals surface area contributed by atoms with E-state index in [4.69, 9.17) is 5.11 Å². The zero-order chi connectivity index (χ0) is 13.7. The first-order chi connectivity index (χ1) is 8.38. The summed E-state index contributed by atoms with van der Waals surface area (Å²) < 4.78 is 0. The summed E-state index contributed by atoms with van der Waals surface area (Å²) in [6.45, 7) is 3.53. The average molecular weight is 251 g/mol. The summed E-state index contributed by atoms with van der Waals surface area (Å²) in [6.07, 6.45) is 0.0624. The average Bonchev–Trinajstić information content (AvgIpc) is 2.20. The second-order valence-corrected chi connectivity index (χ2v) is 4.48. The minimum atomic E-state index is -0.923. The van der Waals surface area contributed by atoms with Gasteiger partial charge in [-0.2, -0.15) is 0 Å². The first kappa shape index (κ1) is 14.0. The van der Waals surface area contributed by atoms with Crippen LogP contribution in [0.1, 0.15) is 25.3 Å². The molecule has 0 fully saturated rings. The maximum atomic E-state index is 11.6. The van der Waals surface area contributed by atoms with E-state index in [9.17, 15) is 14.7 Å². The highest BCUT2D eigenvalue weighted by Gasteiger charge is 2.13. The standard InChI is InChI=1S/C13H17NO4/c1-8-3-4-10(11(15)5-8)14-12(16)6-9(2)7-13(17)18/h3-5,9,15H,6-7H2,1-2H3,(H,14,16)(H,17,18)/t9-/m1/s1. The Morgan fingerprint density at radius 1 is 1.33 bits per heavy atom. The highest BCUT2D eigenvalue weighted by atomic mass is 16.4. The van der Waals surface area contributed by atoms with Gasteiger partial charge < -0.3 is 15.5 Å². The lowest BCUT2D eigenvalue weighted by Crippen LogP contribution is -2.17. The summed E-state index contributed by atoms with van der Waals surface area (Å²) in [7, 11) is 0. The Morgan fingerprint density at radius 2 is 2.00 bits per heavy atom. The highest BCUT2D eigenvalue weighted by Crippen LogP contribution is 2.24. The molecular formula is C13H17NO4. The van der Waals surface area contributed by atoms with E-state index < -0.39 is 5.97 Å². The van der Waals surface area contributed by atoms with E-state index in [0.717, 1.165) is 5.56 Å². The molecule has 3 N–H and O–H groups in total. The lowest BCUT2D eigenvalue weighted by Gasteiger charge is -2.10. The number of hydrogen-bond donors (Lipinski definition) is 3. The van der Waals surface area contributed by atoms with Crippen molar-refractivity contribution in [3.05, 3.63) is 23.8 Å². The van der Waals surface area contributed by atoms with Gasteiger partial charge in [-0.3, -0.25) is 9.59 Å². The van der Waals surface area contributed by atoms with Crippen molar-refractivity contribution in [2.45, 2.75) is 26.7 Å². The minimum Gasteiger partial charge on any atom is -0.506 e. The smallest absolute Gasteiger partial charge is 0.303 e. The minimum absolute atomic E-state index is 0.00855. The van der Waals surface area contributed by atoms with Crippen LogP contribution >= 0.6 is 0 Å². The number of carboxylic acids is 1. The number of phenolic OH excluding ortho intramolecular Hbond substituents is 1. The zero-order valence-corrected chi connectivity index (χ0v) is 10.4. The molecule has 1 atom stereocenters. The Labute approximate surface area is 105 Å². The number of aryl methyl sites for hydroxylation is 1. The number of carbonyl (C=O) groups is 2. The molecule has 0 aliphatic rings. The number of anilines is 1. The van der Waals surface area contributed by atoms with Gasteiger partial charge in [-0.15, -0.1) is 0 Å². The molecule has 98 valence electrons. The van der Waals surface area contributed by atoms with E-state index in [1.165, 1.54) is 0 Å². The summed E-state index contributed by atoms with van der Waals surface area (Å²) in [6, 6.07) is 4.94. The van der Waals surface area contributed by atoms with Crippen LogP contribution in [0.15, 0.2) is 18.2 Å². The molecule has 0 radical (unpaired) electrons. The Hall–Kier alpha value is -2.04. The molecule has 0 bridgehead atoms. The monoisotopic (exact) mass is 251 g/mol. The number of aromatic hydroxyl groups is 1. The van der Waals surface area contributed by atoms with Crippen molar-refractivity contribution in [2.75, 3.05) is 5.32 Å². The van der Waals surface area contributed by atoms with Gasteiger partial charge in [0.2, 0.25) is 5.91 Å². The van der Waals surface area contributed by atoms with Crippen molar-refractivity contribution in [3.8, 4) is 5.75 Å². The molecule has 0 aromatic heterocycles. The number of nitrogens with one attached hydrogen (secondary N) is 1. The van der Waals surface area contributed by atoms with Crippen LogP contribution in [0.5, 0.6) is 5.75 Å². The third-order valence-electron chi connectivity index (χ3n) is 2.48. The first-order valence-corrected chi connectivity index (χ1v) is 5.69. The number of aliphatic carboxylic acids is 1. The van der Waals surface area contributed by atoms with Crippen LogP contribution in [0.4, 0.5) is 5.69 Å². The van der Waals surface area contributed by atoms with Crippen LogP contribution in [0.3, 0.4) is 0 Å². The summed E-state index contributed by atoms with van der Waals surface area (Å²) in [5, 5.41) is 20.8. The van der Waals surface area contributed by atoms with Gasteiger partial charge in [0, 0.05) is 12.8 Å². The second kappa shape index (κ2) is 6.05. The highest BCUT2D eigenvalue weighted by molar-refractivity contribution is 5.92. The van der Waals surface area contributed by atoms with E-state index in [2.05, 4.69) is 5.32 Å². The Kier molecular flexibility index (Phi) is 4.71. The largest absolute Gasteiger partial charge is 0.506 e. The molecule has 0 heterocycles. The number of benzene rings is 1. The number of amides is 1. The second-order valence-electron chi connectivity index (χ2n) is 4.48. The Balaban J connectivity index is 2.56. The van der Waals surface area contributed by atoms with Crippen molar-refractivity contribution < 1.29 is 19.8 Å². The van der Waals surface area contributed by atoms with Gasteiger partial charge in [0.05, 0.1) is 5.69 Å². The van der Waals surface area contributed by atoms with Gasteiger partial charge in [0.1, 0.15) is 5.75 Å². The number of carbonyl (C=O) groups excluding carboxylic acids is 1. The summed E-state index contributed by atoms with van der Waals surface area (Å²) in [4.78, 5) is 22.1. The molecular weight excluding hydrogens is 234 g/mol. The number of rotatable bonds is 5. The third kappa shape index (κ3) is 4.45. The number of phenols is 1. The van der Waals surface area contributed by atoms with Gasteiger partial charge in [0.25, 0.3) is 0 Å². The molecule has 0 aliphatic heterocycles. The van der Waals surface area contributed by atoms with Crippen LogP contribution in [0, 0.1) is 12.8 Å². The van der Waals surface area contributed by atoms with Crippen LogP contribution in [0.25, 0.3) is 0 Å². The maximum Gasteiger partial charge on any atom is 0.303 e. The normalized spacial score (nSPS) is 11.9. The van der Waals surface area contributed by atoms with Crippen LogP contribution < -0.4 is 5.32 Å². The van der Waals surface area contributed by atoms with E-state index in [-0.39, 0.29) is 30.4 Å². The summed E-state index contributed by atoms with van der Waals surface area (Å²) in [5.41, 5.74) is 1.23. The molecule has 0 spiro atoms. The zero-order valence-electron chi connectivity index (χ0n) is 10.4. The van der Waals surface area contributed by atoms with Crippen LogP contribution in [-0.2, 0) is 9.59 Å². The lowest BCUT2D eigenvalue weighted by molar-refractivity contribution is -0.138. The Morgan fingerprint density at radius 3 is 2.56 bits per heavy atom. The molecule has 0 saturated heterocycles. The fourth-order valence-corrected chi connectivity index (χ4v) is 1.64. The SMILES string of the molecule is Cc1ccc(NC(=O)C[C@@H](C)CC(=O)O)c(O)c1. The van der Waals surface area contributed by atoms with Gasteiger partial charge >= 0.3 is 5.97 Å². The molecule has 1 aromatic carbocycles. The molecule has 5 nitrogen and oxygen atoms in total. The van der Waals surface area contributed by atoms with Gasteiger partial charge in [-0.25, -0.2) is 0 Å². The molecule has 0 aliphatic carbocycles. The topological polar surface area (TPSA) is 86.6 Å². The first-order valence-electron chi connectivity index (χ1n) is 5.69. The van der Waals surface area contributed by atoms with Gasteiger partial charge in [0.15, 0.2) is 0 Å². The quantitative estimate of drug-likeness (QED) is 0.700.